The van der Waals surface area contributed by atoms with Crippen LogP contribution in [0.15, 0.2) is 24.3 Å². The van der Waals surface area contributed by atoms with E-state index in [0.29, 0.717) is 0 Å². The maximum atomic E-state index is 9.60. The van der Waals surface area contributed by atoms with Crippen LogP contribution in [0.1, 0.15) is 51.7 Å². The third kappa shape index (κ3) is 5.30. The topological polar surface area (TPSA) is 33.0 Å². The number of fused-ring (bicyclic) bond motifs is 1. The molecule has 0 radical (unpaired) electrons. The summed E-state index contributed by atoms with van der Waals surface area (Å²) in [5.74, 6) is 0. The van der Waals surface area contributed by atoms with Gasteiger partial charge in [0.25, 0.3) is 0 Å². The standard InChI is InChI=1S/C14H19NOSi.2C2H6/c1-17(2,3)16-14(11-15)10-6-8-12-7-4-5-9-13(12)14;2*1-2/h4-5,7,9H,6,8,10H2,1-3H3;2*1-2H3. The highest BCUT2D eigenvalue weighted by Crippen LogP contribution is 2.39. The molecule has 0 fully saturated rings. The normalized spacial score (nSPS) is 19.9. The van der Waals surface area contributed by atoms with Crippen LogP contribution in [0.3, 0.4) is 0 Å². The van der Waals surface area contributed by atoms with Crippen LogP contribution in [0.2, 0.25) is 19.6 Å². The number of aryl methyl sites for hydroxylation is 1. The largest absolute Gasteiger partial charge is 0.396 e. The zero-order chi connectivity index (χ0) is 16.5. The Labute approximate surface area is 132 Å². The van der Waals surface area contributed by atoms with Gasteiger partial charge < -0.3 is 4.43 Å². The summed E-state index contributed by atoms with van der Waals surface area (Å²) in [6.07, 6.45) is 2.93. The molecule has 0 aliphatic heterocycles. The van der Waals surface area contributed by atoms with Gasteiger partial charge in [-0.1, -0.05) is 52.0 Å². The van der Waals surface area contributed by atoms with Gasteiger partial charge in [-0.15, -0.1) is 0 Å². The molecule has 1 aliphatic carbocycles. The van der Waals surface area contributed by atoms with E-state index in [2.05, 4.69) is 37.8 Å². The monoisotopic (exact) mass is 305 g/mol. The fourth-order valence-electron chi connectivity index (χ4n) is 2.56. The fourth-order valence-corrected chi connectivity index (χ4v) is 3.87. The number of hydrogen-bond donors (Lipinski definition) is 0. The molecule has 0 saturated carbocycles. The van der Waals surface area contributed by atoms with Crippen molar-refractivity contribution in [1.29, 1.82) is 5.26 Å². The molecule has 1 aromatic rings. The van der Waals surface area contributed by atoms with E-state index in [1.54, 1.807) is 0 Å². The number of benzene rings is 1. The molecule has 21 heavy (non-hydrogen) atoms. The Kier molecular flexibility index (Phi) is 8.54. The van der Waals surface area contributed by atoms with Gasteiger partial charge in [0.2, 0.25) is 0 Å². The van der Waals surface area contributed by atoms with Crippen LogP contribution < -0.4 is 0 Å². The van der Waals surface area contributed by atoms with Gasteiger partial charge >= 0.3 is 0 Å². The summed E-state index contributed by atoms with van der Waals surface area (Å²) in [7, 11) is -1.73. The average molecular weight is 306 g/mol. The van der Waals surface area contributed by atoms with E-state index in [4.69, 9.17) is 4.43 Å². The zero-order valence-electron chi connectivity index (χ0n) is 14.8. The molecule has 1 atom stereocenters. The van der Waals surface area contributed by atoms with Crippen LogP contribution >= 0.6 is 0 Å². The predicted octanol–water partition coefficient (Wildman–Crippen LogP) is 5.65. The Morgan fingerprint density at radius 2 is 1.67 bits per heavy atom. The van der Waals surface area contributed by atoms with E-state index in [1.165, 1.54) is 5.56 Å². The molecule has 1 unspecified atom stereocenters. The molecule has 0 amide bonds. The first kappa shape index (κ1) is 19.9. The molecule has 2 rings (SSSR count). The van der Waals surface area contributed by atoms with Gasteiger partial charge in [0.05, 0.1) is 0 Å². The molecule has 2 nitrogen and oxygen atoms in total. The SMILES string of the molecule is CC.CC.C[Si](C)(C)OC1(C#N)CCCc2ccccc21. The molecule has 0 bridgehead atoms. The Hall–Kier alpha value is -1.11. The lowest BCUT2D eigenvalue weighted by molar-refractivity contribution is 0.0984. The summed E-state index contributed by atoms with van der Waals surface area (Å²) >= 11 is 0. The molecule has 1 aliphatic rings. The van der Waals surface area contributed by atoms with Crippen molar-refractivity contribution in [1.82, 2.24) is 0 Å². The van der Waals surface area contributed by atoms with Gasteiger partial charge in [-0.2, -0.15) is 5.26 Å². The second-order valence-corrected chi connectivity index (χ2v) is 10.1. The molecule has 3 heteroatoms. The summed E-state index contributed by atoms with van der Waals surface area (Å²) in [6.45, 7) is 14.4. The minimum absolute atomic E-state index is 0.695. The van der Waals surface area contributed by atoms with E-state index in [9.17, 15) is 5.26 Å². The van der Waals surface area contributed by atoms with E-state index < -0.39 is 13.9 Å². The Bertz CT molecular complexity index is 459. The predicted molar refractivity (Wildman–Crippen MR) is 93.8 cm³/mol. The second-order valence-electron chi connectivity index (χ2n) is 5.66. The van der Waals surface area contributed by atoms with Gasteiger partial charge in [0, 0.05) is 5.56 Å². The Morgan fingerprint density at radius 3 is 2.19 bits per heavy atom. The molecular formula is C18H31NOSi. The number of rotatable bonds is 2. The minimum atomic E-state index is -1.73. The van der Waals surface area contributed by atoms with Crippen molar-refractivity contribution < 1.29 is 4.43 Å². The van der Waals surface area contributed by atoms with Crippen molar-refractivity contribution >= 4 is 8.32 Å². The van der Waals surface area contributed by atoms with Crippen molar-refractivity contribution in [2.45, 2.75) is 72.2 Å². The minimum Gasteiger partial charge on any atom is -0.396 e. The van der Waals surface area contributed by atoms with E-state index in [0.717, 1.165) is 24.8 Å². The Morgan fingerprint density at radius 1 is 1.10 bits per heavy atom. The van der Waals surface area contributed by atoms with Crippen LogP contribution in [0, 0.1) is 11.3 Å². The van der Waals surface area contributed by atoms with Crippen molar-refractivity contribution in [2.75, 3.05) is 0 Å². The lowest BCUT2D eigenvalue weighted by Crippen LogP contribution is -2.41. The molecule has 1 aromatic carbocycles. The van der Waals surface area contributed by atoms with Crippen LogP contribution in [0.4, 0.5) is 0 Å². The summed E-state index contributed by atoms with van der Waals surface area (Å²) < 4.78 is 6.22. The fraction of sp³-hybridized carbons (Fsp3) is 0.611. The summed E-state index contributed by atoms with van der Waals surface area (Å²) in [6, 6.07) is 10.7. The third-order valence-corrected chi connectivity index (χ3v) is 4.05. The number of hydrogen-bond acceptors (Lipinski definition) is 2. The summed E-state index contributed by atoms with van der Waals surface area (Å²) in [5.41, 5.74) is 1.67. The lowest BCUT2D eigenvalue weighted by Gasteiger charge is -2.38. The highest BCUT2D eigenvalue weighted by atomic mass is 28.4. The molecule has 0 heterocycles. The van der Waals surface area contributed by atoms with Crippen LogP contribution in [0.25, 0.3) is 0 Å². The smallest absolute Gasteiger partial charge is 0.186 e. The molecule has 0 saturated heterocycles. The lowest BCUT2D eigenvalue weighted by atomic mass is 9.80. The molecule has 0 spiro atoms. The summed E-state index contributed by atoms with van der Waals surface area (Å²) in [5, 5.41) is 9.60. The van der Waals surface area contributed by atoms with Gasteiger partial charge in [0.1, 0.15) is 6.07 Å². The molecule has 0 aromatic heterocycles. The first-order chi connectivity index (χ1) is 9.97. The highest BCUT2D eigenvalue weighted by Gasteiger charge is 2.41. The van der Waals surface area contributed by atoms with Crippen molar-refractivity contribution in [2.24, 2.45) is 0 Å². The van der Waals surface area contributed by atoms with Gasteiger partial charge in [-0.3, -0.25) is 0 Å². The maximum Gasteiger partial charge on any atom is 0.186 e. The third-order valence-electron chi connectivity index (χ3n) is 3.09. The van der Waals surface area contributed by atoms with Crippen molar-refractivity contribution in [3.63, 3.8) is 0 Å². The first-order valence-electron chi connectivity index (χ1n) is 8.17. The van der Waals surface area contributed by atoms with Crippen LogP contribution in [-0.2, 0) is 16.4 Å². The second kappa shape index (κ2) is 9.02. The van der Waals surface area contributed by atoms with Crippen molar-refractivity contribution in [3.05, 3.63) is 35.4 Å². The molecular weight excluding hydrogens is 274 g/mol. The van der Waals surface area contributed by atoms with E-state index in [-0.39, 0.29) is 0 Å². The Balaban J connectivity index is 0.000000921. The summed E-state index contributed by atoms with van der Waals surface area (Å²) in [4.78, 5) is 0. The van der Waals surface area contributed by atoms with Crippen LogP contribution in [0.5, 0.6) is 0 Å². The van der Waals surface area contributed by atoms with Gasteiger partial charge in [-0.05, 0) is 44.5 Å². The van der Waals surface area contributed by atoms with E-state index >= 15 is 0 Å². The highest BCUT2D eigenvalue weighted by molar-refractivity contribution is 6.69. The zero-order valence-corrected chi connectivity index (χ0v) is 15.8. The number of nitriles is 1. The average Bonchev–Trinajstić information content (AvgIpc) is 2.50. The quantitative estimate of drug-likeness (QED) is 0.662. The van der Waals surface area contributed by atoms with Crippen molar-refractivity contribution in [3.8, 4) is 6.07 Å². The molecule has 0 N–H and O–H groups in total. The molecule has 118 valence electrons. The van der Waals surface area contributed by atoms with E-state index in [1.807, 2.05) is 39.8 Å². The van der Waals surface area contributed by atoms with Gasteiger partial charge in [0.15, 0.2) is 13.9 Å². The first-order valence-corrected chi connectivity index (χ1v) is 11.6. The van der Waals surface area contributed by atoms with Crippen LogP contribution in [-0.4, -0.2) is 8.32 Å². The number of nitrogens with zero attached hydrogens (tertiary/aromatic N) is 1. The maximum absolute atomic E-state index is 9.60. The van der Waals surface area contributed by atoms with Gasteiger partial charge in [-0.25, -0.2) is 0 Å².